The van der Waals surface area contributed by atoms with Gasteiger partial charge in [-0.1, -0.05) is 30.3 Å². The largest absolute Gasteiger partial charge is 0.462 e. The van der Waals surface area contributed by atoms with Gasteiger partial charge < -0.3 is 14.8 Å². The van der Waals surface area contributed by atoms with Gasteiger partial charge in [-0.15, -0.1) is 11.3 Å². The van der Waals surface area contributed by atoms with E-state index in [-0.39, 0.29) is 34.6 Å². The second-order valence-electron chi connectivity index (χ2n) is 6.22. The third-order valence-electron chi connectivity index (χ3n) is 4.33. The molecule has 0 bridgehead atoms. The SMILES string of the molecule is CCOC(=O)c1sc(NC(=O)c2ccc3ccccc3c2)c(C(=O)OCC)c1C. The molecule has 0 spiro atoms. The quantitative estimate of drug-likeness (QED) is 0.589. The predicted molar refractivity (Wildman–Crippen MR) is 113 cm³/mol. The monoisotopic (exact) mass is 411 g/mol. The van der Waals surface area contributed by atoms with Crippen molar-refractivity contribution in [3.05, 3.63) is 64.0 Å². The minimum absolute atomic E-state index is 0.175. The molecule has 1 heterocycles. The van der Waals surface area contributed by atoms with Gasteiger partial charge in [-0.25, -0.2) is 9.59 Å². The van der Waals surface area contributed by atoms with Crippen molar-refractivity contribution in [3.8, 4) is 0 Å². The fourth-order valence-corrected chi connectivity index (χ4v) is 4.03. The lowest BCUT2D eigenvalue weighted by atomic mass is 10.1. The number of esters is 2. The Morgan fingerprint density at radius 2 is 1.59 bits per heavy atom. The maximum Gasteiger partial charge on any atom is 0.348 e. The first-order valence-corrected chi connectivity index (χ1v) is 10.1. The van der Waals surface area contributed by atoms with E-state index in [1.165, 1.54) is 0 Å². The van der Waals surface area contributed by atoms with Crippen LogP contribution in [-0.2, 0) is 9.47 Å². The van der Waals surface area contributed by atoms with Gasteiger partial charge in [-0.05, 0) is 49.2 Å². The van der Waals surface area contributed by atoms with Crippen molar-refractivity contribution >= 4 is 45.0 Å². The van der Waals surface area contributed by atoms with E-state index in [2.05, 4.69) is 5.32 Å². The lowest BCUT2D eigenvalue weighted by Crippen LogP contribution is -2.15. The molecule has 150 valence electrons. The van der Waals surface area contributed by atoms with Gasteiger partial charge in [-0.2, -0.15) is 0 Å². The van der Waals surface area contributed by atoms with Crippen molar-refractivity contribution in [1.82, 2.24) is 0 Å². The highest BCUT2D eigenvalue weighted by Crippen LogP contribution is 2.34. The fourth-order valence-electron chi connectivity index (χ4n) is 2.95. The van der Waals surface area contributed by atoms with Crippen LogP contribution in [0.4, 0.5) is 5.00 Å². The number of hydrogen-bond donors (Lipinski definition) is 1. The fraction of sp³-hybridized carbons (Fsp3) is 0.227. The van der Waals surface area contributed by atoms with Gasteiger partial charge in [0.1, 0.15) is 9.88 Å². The first kappa shape index (κ1) is 20.5. The van der Waals surface area contributed by atoms with Crippen molar-refractivity contribution in [2.45, 2.75) is 20.8 Å². The van der Waals surface area contributed by atoms with Gasteiger partial charge in [0.05, 0.1) is 18.8 Å². The van der Waals surface area contributed by atoms with Crippen LogP contribution in [0.15, 0.2) is 42.5 Å². The van der Waals surface area contributed by atoms with Crippen LogP contribution in [0.3, 0.4) is 0 Å². The van der Waals surface area contributed by atoms with E-state index < -0.39 is 11.9 Å². The number of thiophene rings is 1. The highest BCUT2D eigenvalue weighted by Gasteiger charge is 2.27. The summed E-state index contributed by atoms with van der Waals surface area (Å²) in [7, 11) is 0. The maximum absolute atomic E-state index is 12.8. The van der Waals surface area contributed by atoms with Crippen molar-refractivity contribution in [2.75, 3.05) is 18.5 Å². The Morgan fingerprint density at radius 3 is 2.28 bits per heavy atom. The van der Waals surface area contributed by atoms with Gasteiger partial charge in [0, 0.05) is 5.56 Å². The molecule has 6 nitrogen and oxygen atoms in total. The number of nitrogens with one attached hydrogen (secondary N) is 1. The summed E-state index contributed by atoms with van der Waals surface area (Å²) in [6, 6.07) is 13.1. The Kier molecular flexibility index (Phi) is 6.29. The van der Waals surface area contributed by atoms with E-state index in [0.29, 0.717) is 11.1 Å². The molecule has 1 amide bonds. The average Bonchev–Trinajstić information content (AvgIpc) is 3.04. The van der Waals surface area contributed by atoms with Crippen LogP contribution < -0.4 is 5.32 Å². The average molecular weight is 411 g/mol. The summed E-state index contributed by atoms with van der Waals surface area (Å²) >= 11 is 1.01. The van der Waals surface area contributed by atoms with Gasteiger partial charge in [0.25, 0.3) is 5.91 Å². The maximum atomic E-state index is 12.8. The number of hydrogen-bond acceptors (Lipinski definition) is 6. The van der Waals surface area contributed by atoms with Crippen molar-refractivity contribution in [2.24, 2.45) is 0 Å². The Morgan fingerprint density at radius 1 is 0.931 bits per heavy atom. The molecule has 0 aliphatic heterocycles. The number of amides is 1. The Labute approximate surface area is 172 Å². The highest BCUT2D eigenvalue weighted by atomic mass is 32.1. The molecule has 1 N–H and O–H groups in total. The first-order valence-electron chi connectivity index (χ1n) is 9.24. The van der Waals surface area contributed by atoms with Crippen LogP contribution in [0.5, 0.6) is 0 Å². The van der Waals surface area contributed by atoms with E-state index in [4.69, 9.17) is 9.47 Å². The van der Waals surface area contributed by atoms with Gasteiger partial charge in [0.15, 0.2) is 0 Å². The Hall–Kier alpha value is -3.19. The Balaban J connectivity index is 1.97. The number of carbonyl (C=O) groups is 3. The van der Waals surface area contributed by atoms with Crippen molar-refractivity contribution in [3.63, 3.8) is 0 Å². The zero-order valence-corrected chi connectivity index (χ0v) is 17.2. The van der Waals surface area contributed by atoms with Crippen LogP contribution in [0, 0.1) is 6.92 Å². The molecular formula is C22H21NO5S. The third kappa shape index (κ3) is 4.30. The van der Waals surface area contributed by atoms with Crippen LogP contribution in [0.2, 0.25) is 0 Å². The van der Waals surface area contributed by atoms with Crippen LogP contribution in [0.1, 0.15) is 49.8 Å². The lowest BCUT2D eigenvalue weighted by molar-refractivity contribution is 0.0527. The van der Waals surface area contributed by atoms with E-state index in [0.717, 1.165) is 22.1 Å². The smallest absolute Gasteiger partial charge is 0.348 e. The van der Waals surface area contributed by atoms with Gasteiger partial charge in [-0.3, -0.25) is 4.79 Å². The van der Waals surface area contributed by atoms with Gasteiger partial charge >= 0.3 is 11.9 Å². The zero-order valence-electron chi connectivity index (χ0n) is 16.4. The topological polar surface area (TPSA) is 81.7 Å². The predicted octanol–water partition coefficient (Wildman–Crippen LogP) is 4.82. The molecule has 3 rings (SSSR count). The lowest BCUT2D eigenvalue weighted by Gasteiger charge is -2.08. The standard InChI is InChI=1S/C22H21NO5S/c1-4-27-21(25)17-13(3)18(22(26)28-5-2)29-20(17)23-19(24)16-11-10-14-8-6-7-9-15(14)12-16/h6-12H,4-5H2,1-3H3,(H,23,24). The number of ether oxygens (including phenoxy) is 2. The highest BCUT2D eigenvalue weighted by molar-refractivity contribution is 7.18. The summed E-state index contributed by atoms with van der Waals surface area (Å²) < 4.78 is 10.2. The second-order valence-corrected chi connectivity index (χ2v) is 7.24. The molecule has 7 heteroatoms. The molecule has 0 saturated carbocycles. The molecule has 29 heavy (non-hydrogen) atoms. The number of fused-ring (bicyclic) bond motifs is 1. The van der Waals surface area contributed by atoms with E-state index in [1.807, 2.05) is 30.3 Å². The summed E-state index contributed by atoms with van der Waals surface area (Å²) in [5.41, 5.74) is 1.05. The summed E-state index contributed by atoms with van der Waals surface area (Å²) in [5.74, 6) is -1.50. The molecule has 0 atom stereocenters. The minimum atomic E-state index is -0.592. The van der Waals surface area contributed by atoms with Crippen LogP contribution >= 0.6 is 11.3 Å². The molecule has 0 aliphatic carbocycles. The molecule has 0 saturated heterocycles. The minimum Gasteiger partial charge on any atom is -0.462 e. The Bertz CT molecular complexity index is 1090. The normalized spacial score (nSPS) is 10.6. The third-order valence-corrected chi connectivity index (χ3v) is 5.51. The van der Waals surface area contributed by atoms with Crippen molar-refractivity contribution in [1.29, 1.82) is 0 Å². The summed E-state index contributed by atoms with van der Waals surface area (Å²) in [4.78, 5) is 37.8. The second kappa shape index (κ2) is 8.87. The molecule has 3 aromatic rings. The molecule has 0 unspecified atom stereocenters. The number of benzene rings is 2. The van der Waals surface area contributed by atoms with E-state index in [9.17, 15) is 14.4 Å². The van der Waals surface area contributed by atoms with Crippen LogP contribution in [0.25, 0.3) is 10.8 Å². The summed E-state index contributed by atoms with van der Waals surface area (Å²) in [6.45, 7) is 5.43. The first-order chi connectivity index (χ1) is 14.0. The summed E-state index contributed by atoms with van der Waals surface area (Å²) in [6.07, 6.45) is 0. The van der Waals surface area contributed by atoms with E-state index in [1.54, 1.807) is 32.9 Å². The molecular weight excluding hydrogens is 390 g/mol. The van der Waals surface area contributed by atoms with Gasteiger partial charge in [0.2, 0.25) is 0 Å². The zero-order chi connectivity index (χ0) is 21.0. The van der Waals surface area contributed by atoms with E-state index >= 15 is 0 Å². The number of carbonyl (C=O) groups excluding carboxylic acids is 3. The molecule has 2 aromatic carbocycles. The summed E-state index contributed by atoms with van der Waals surface area (Å²) in [5, 5.41) is 4.98. The molecule has 1 aromatic heterocycles. The van der Waals surface area contributed by atoms with Crippen molar-refractivity contribution < 1.29 is 23.9 Å². The number of anilines is 1. The molecule has 0 fully saturated rings. The molecule has 0 aliphatic rings. The van der Waals surface area contributed by atoms with Crippen LogP contribution in [-0.4, -0.2) is 31.1 Å². The molecule has 0 radical (unpaired) electrons. The number of rotatable bonds is 6.